The Bertz CT molecular complexity index is 783. The molecule has 0 saturated carbocycles. The predicted molar refractivity (Wildman–Crippen MR) is 76.0 cm³/mol. The van der Waals surface area contributed by atoms with Gasteiger partial charge in [-0.1, -0.05) is 11.6 Å². The van der Waals surface area contributed by atoms with Gasteiger partial charge in [0.15, 0.2) is 0 Å². The zero-order valence-electron chi connectivity index (χ0n) is 10.1. The van der Waals surface area contributed by atoms with Gasteiger partial charge in [-0.25, -0.2) is 9.78 Å². The van der Waals surface area contributed by atoms with Gasteiger partial charge in [-0.05, 0) is 24.3 Å². The van der Waals surface area contributed by atoms with Crippen LogP contribution in [0.2, 0.25) is 5.02 Å². The topological polar surface area (TPSA) is 90.9 Å². The number of hydrogen-bond donors (Lipinski definition) is 3. The highest BCUT2D eigenvalue weighted by atomic mass is 35.5. The highest BCUT2D eigenvalue weighted by Gasteiger charge is 2.08. The Morgan fingerprint density at radius 3 is 2.85 bits per heavy atom. The van der Waals surface area contributed by atoms with E-state index >= 15 is 0 Å². The predicted octanol–water partition coefficient (Wildman–Crippen LogP) is 3.37. The van der Waals surface area contributed by atoms with Gasteiger partial charge in [0.05, 0.1) is 16.7 Å². The van der Waals surface area contributed by atoms with Crippen LogP contribution >= 0.6 is 11.6 Å². The van der Waals surface area contributed by atoms with Crippen LogP contribution in [0.15, 0.2) is 36.7 Å². The lowest BCUT2D eigenvalue weighted by atomic mass is 10.1. The van der Waals surface area contributed by atoms with Gasteiger partial charge in [-0.3, -0.25) is 10.4 Å². The Hall–Kier alpha value is -2.60. The van der Waals surface area contributed by atoms with Crippen LogP contribution in [0.4, 0.5) is 10.6 Å². The molecule has 3 N–H and O–H groups in total. The molecule has 0 radical (unpaired) electrons. The lowest BCUT2D eigenvalue weighted by Crippen LogP contribution is -2.08. The number of anilines is 1. The molecule has 2 heterocycles. The number of hydrogen-bond acceptors (Lipinski definition) is 3. The molecule has 0 aliphatic carbocycles. The molecule has 0 saturated heterocycles. The summed E-state index contributed by atoms with van der Waals surface area (Å²) in [6, 6.07) is 7.04. The van der Waals surface area contributed by atoms with Gasteiger partial charge < -0.3 is 5.11 Å². The van der Waals surface area contributed by atoms with Gasteiger partial charge in [0.2, 0.25) is 0 Å². The summed E-state index contributed by atoms with van der Waals surface area (Å²) in [6.07, 6.45) is 2.13. The first kappa shape index (κ1) is 12.4. The van der Waals surface area contributed by atoms with E-state index in [0.29, 0.717) is 5.02 Å². The van der Waals surface area contributed by atoms with Gasteiger partial charge in [0.25, 0.3) is 0 Å². The molecule has 0 bridgehead atoms. The number of nitrogens with one attached hydrogen (secondary N) is 2. The van der Waals surface area contributed by atoms with Gasteiger partial charge >= 0.3 is 6.09 Å². The molecule has 6 nitrogen and oxygen atoms in total. The van der Waals surface area contributed by atoms with Crippen LogP contribution in [-0.4, -0.2) is 26.4 Å². The molecular formula is C13H9ClN4O2. The highest BCUT2D eigenvalue weighted by Crippen LogP contribution is 2.31. The minimum atomic E-state index is -1.15. The number of aromatic amines is 1. The average Bonchev–Trinajstić information content (AvgIpc) is 2.85. The van der Waals surface area contributed by atoms with Crippen LogP contribution in [0.5, 0.6) is 0 Å². The number of fused-ring (bicyclic) bond motifs is 1. The number of benzene rings is 1. The number of carbonyl (C=O) groups is 1. The maximum absolute atomic E-state index is 10.5. The maximum atomic E-state index is 10.5. The van der Waals surface area contributed by atoms with Crippen LogP contribution < -0.4 is 5.32 Å². The van der Waals surface area contributed by atoms with Crippen molar-refractivity contribution in [3.05, 3.63) is 41.7 Å². The van der Waals surface area contributed by atoms with E-state index in [2.05, 4.69) is 20.5 Å². The SMILES string of the molecule is O=C(O)Nc1ccc(-c2cc3cn[nH]c3cc2Cl)cn1. The zero-order valence-corrected chi connectivity index (χ0v) is 10.8. The number of aromatic nitrogens is 3. The van der Waals surface area contributed by atoms with Crippen molar-refractivity contribution in [2.45, 2.75) is 0 Å². The molecule has 0 spiro atoms. The number of pyridine rings is 1. The summed E-state index contributed by atoms with van der Waals surface area (Å²) in [5.41, 5.74) is 2.47. The normalized spacial score (nSPS) is 10.7. The Labute approximate surface area is 118 Å². The molecule has 0 unspecified atom stereocenters. The minimum Gasteiger partial charge on any atom is -0.465 e. The van der Waals surface area contributed by atoms with Crippen LogP contribution in [0.1, 0.15) is 0 Å². The molecule has 0 atom stereocenters. The summed E-state index contributed by atoms with van der Waals surface area (Å²) in [7, 11) is 0. The number of nitrogens with zero attached hydrogens (tertiary/aromatic N) is 2. The quantitative estimate of drug-likeness (QED) is 0.674. The number of rotatable bonds is 2. The fraction of sp³-hybridized carbons (Fsp3) is 0. The zero-order chi connectivity index (χ0) is 14.1. The molecule has 1 amide bonds. The van der Waals surface area contributed by atoms with Crippen molar-refractivity contribution in [2.24, 2.45) is 0 Å². The Morgan fingerprint density at radius 2 is 2.15 bits per heavy atom. The lowest BCUT2D eigenvalue weighted by Gasteiger charge is -2.06. The Balaban J connectivity index is 2.01. The second-order valence-electron chi connectivity index (χ2n) is 4.15. The molecule has 100 valence electrons. The first-order chi connectivity index (χ1) is 9.63. The summed E-state index contributed by atoms with van der Waals surface area (Å²) >= 11 is 6.23. The van der Waals surface area contributed by atoms with Crippen LogP contribution in [-0.2, 0) is 0 Å². The summed E-state index contributed by atoms with van der Waals surface area (Å²) < 4.78 is 0. The van der Waals surface area contributed by atoms with Crippen molar-refractivity contribution in [1.29, 1.82) is 0 Å². The fourth-order valence-electron chi connectivity index (χ4n) is 1.92. The molecule has 1 aromatic carbocycles. The molecule has 0 aliphatic heterocycles. The largest absolute Gasteiger partial charge is 0.465 e. The molecule has 7 heteroatoms. The first-order valence-corrected chi connectivity index (χ1v) is 6.10. The third kappa shape index (κ3) is 2.28. The minimum absolute atomic E-state index is 0.266. The van der Waals surface area contributed by atoms with E-state index < -0.39 is 6.09 Å². The fourth-order valence-corrected chi connectivity index (χ4v) is 2.20. The van der Waals surface area contributed by atoms with E-state index in [4.69, 9.17) is 16.7 Å². The van der Waals surface area contributed by atoms with Crippen molar-refractivity contribution >= 4 is 34.4 Å². The van der Waals surface area contributed by atoms with Crippen LogP contribution in [0, 0.1) is 0 Å². The average molecular weight is 289 g/mol. The van der Waals surface area contributed by atoms with Gasteiger partial charge in [0.1, 0.15) is 5.82 Å². The first-order valence-electron chi connectivity index (χ1n) is 5.72. The van der Waals surface area contributed by atoms with E-state index in [9.17, 15) is 4.79 Å². The highest BCUT2D eigenvalue weighted by molar-refractivity contribution is 6.34. The summed E-state index contributed by atoms with van der Waals surface area (Å²) in [6.45, 7) is 0. The van der Waals surface area contributed by atoms with E-state index in [1.165, 1.54) is 0 Å². The molecule has 0 fully saturated rings. The smallest absolute Gasteiger partial charge is 0.410 e. The van der Waals surface area contributed by atoms with Crippen molar-refractivity contribution < 1.29 is 9.90 Å². The van der Waals surface area contributed by atoms with Crippen molar-refractivity contribution in [3.8, 4) is 11.1 Å². The van der Waals surface area contributed by atoms with Crippen molar-refractivity contribution in [3.63, 3.8) is 0 Å². The number of halogens is 1. The number of amides is 1. The molecule has 3 aromatic rings. The molecule has 2 aromatic heterocycles. The summed E-state index contributed by atoms with van der Waals surface area (Å²) in [4.78, 5) is 14.5. The van der Waals surface area contributed by atoms with E-state index in [-0.39, 0.29) is 5.82 Å². The summed E-state index contributed by atoms with van der Waals surface area (Å²) in [5, 5.41) is 19.1. The van der Waals surface area contributed by atoms with Crippen LogP contribution in [0.25, 0.3) is 22.0 Å². The van der Waals surface area contributed by atoms with Gasteiger partial charge in [-0.2, -0.15) is 5.10 Å². The second kappa shape index (κ2) is 4.82. The molecule has 20 heavy (non-hydrogen) atoms. The third-order valence-electron chi connectivity index (χ3n) is 2.84. The molecule has 3 rings (SSSR count). The van der Waals surface area contributed by atoms with E-state index in [1.54, 1.807) is 30.6 Å². The maximum Gasteiger partial charge on any atom is 0.410 e. The van der Waals surface area contributed by atoms with Crippen molar-refractivity contribution in [2.75, 3.05) is 5.32 Å². The second-order valence-corrected chi connectivity index (χ2v) is 4.56. The summed E-state index contributed by atoms with van der Waals surface area (Å²) in [5.74, 6) is 0.266. The Kier molecular flexibility index (Phi) is 3.00. The number of carboxylic acid groups (broad SMARTS) is 1. The molecule has 0 aliphatic rings. The standard InChI is InChI=1S/C13H9ClN4O2/c14-10-4-11-8(6-16-18-11)3-9(10)7-1-2-12(15-5-7)17-13(19)20/h1-6H,(H,15,17)(H,16,18)(H,19,20). The van der Waals surface area contributed by atoms with Gasteiger partial charge in [-0.15, -0.1) is 0 Å². The van der Waals surface area contributed by atoms with Gasteiger partial charge in [0, 0.05) is 22.7 Å². The molecular weight excluding hydrogens is 280 g/mol. The lowest BCUT2D eigenvalue weighted by molar-refractivity contribution is 0.209. The van der Waals surface area contributed by atoms with E-state index in [0.717, 1.165) is 22.0 Å². The van der Waals surface area contributed by atoms with Crippen molar-refractivity contribution in [1.82, 2.24) is 15.2 Å². The Morgan fingerprint density at radius 1 is 1.30 bits per heavy atom. The number of H-pyrrole nitrogens is 1. The monoisotopic (exact) mass is 288 g/mol. The van der Waals surface area contributed by atoms with E-state index in [1.807, 2.05) is 6.07 Å². The van der Waals surface area contributed by atoms with Crippen LogP contribution in [0.3, 0.4) is 0 Å². The third-order valence-corrected chi connectivity index (χ3v) is 3.15.